The Hall–Kier alpha value is -1.89. The zero-order chi connectivity index (χ0) is 18.4. The van der Waals surface area contributed by atoms with Crippen LogP contribution in [0.15, 0.2) is 12.5 Å². The van der Waals surface area contributed by atoms with Crippen molar-refractivity contribution in [2.45, 2.75) is 69.9 Å². The monoisotopic (exact) mass is 361 g/mol. The molecule has 1 saturated carbocycles. The number of carbonyl (C=O) groups is 2. The number of nitrogens with one attached hydrogen (secondary N) is 2. The molecule has 1 aliphatic carbocycles. The highest BCUT2D eigenvalue weighted by Crippen LogP contribution is 2.28. The van der Waals surface area contributed by atoms with Gasteiger partial charge in [-0.15, -0.1) is 0 Å². The number of hydrogen-bond donors (Lipinski definition) is 3. The molecule has 1 saturated heterocycles. The lowest BCUT2D eigenvalue weighted by molar-refractivity contribution is -0.139. The average Bonchev–Trinajstić information content (AvgIpc) is 3.33. The van der Waals surface area contributed by atoms with Gasteiger partial charge in [0.15, 0.2) is 0 Å². The quantitative estimate of drug-likeness (QED) is 0.682. The lowest BCUT2D eigenvalue weighted by atomic mass is 9.84. The Bertz CT molecular complexity index is 583. The summed E-state index contributed by atoms with van der Waals surface area (Å²) in [7, 11) is 0. The number of nitrogens with two attached hydrogens (primary N) is 1. The Morgan fingerprint density at radius 3 is 2.81 bits per heavy atom. The molecule has 2 fully saturated rings. The minimum atomic E-state index is -0.475. The largest absolute Gasteiger partial charge is 0.354 e. The van der Waals surface area contributed by atoms with Crippen LogP contribution >= 0.6 is 0 Å². The summed E-state index contributed by atoms with van der Waals surface area (Å²) in [5.41, 5.74) is 7.21. The zero-order valence-electron chi connectivity index (χ0n) is 15.5. The molecule has 7 nitrogen and oxygen atoms in total. The summed E-state index contributed by atoms with van der Waals surface area (Å²) < 4.78 is 0. The van der Waals surface area contributed by atoms with Crippen molar-refractivity contribution < 1.29 is 9.59 Å². The molecule has 144 valence electrons. The van der Waals surface area contributed by atoms with E-state index in [0.717, 1.165) is 25.0 Å². The first-order valence-corrected chi connectivity index (χ1v) is 9.96. The molecule has 1 aromatic heterocycles. The smallest absolute Gasteiger partial charge is 0.242 e. The van der Waals surface area contributed by atoms with Gasteiger partial charge in [0.2, 0.25) is 11.8 Å². The topological polar surface area (TPSA) is 104 Å². The number of amides is 2. The normalized spacial score (nSPS) is 22.3. The van der Waals surface area contributed by atoms with Gasteiger partial charge in [-0.1, -0.05) is 32.1 Å². The summed E-state index contributed by atoms with van der Waals surface area (Å²) in [6.07, 6.45) is 12.6. The van der Waals surface area contributed by atoms with E-state index in [1.54, 1.807) is 17.4 Å². The fourth-order valence-electron chi connectivity index (χ4n) is 4.26. The number of hydrogen-bond acceptors (Lipinski definition) is 4. The number of likely N-dealkylation sites (tertiary alicyclic amines) is 1. The van der Waals surface area contributed by atoms with Gasteiger partial charge in [0.05, 0.1) is 12.4 Å². The van der Waals surface area contributed by atoms with Crippen LogP contribution in [0.1, 0.15) is 57.1 Å². The molecule has 1 aromatic rings. The Kier molecular flexibility index (Phi) is 6.66. The Morgan fingerprint density at radius 1 is 1.27 bits per heavy atom. The maximum Gasteiger partial charge on any atom is 0.242 e. The van der Waals surface area contributed by atoms with Gasteiger partial charge < -0.3 is 20.9 Å². The molecule has 0 bridgehead atoms. The van der Waals surface area contributed by atoms with Gasteiger partial charge in [-0.2, -0.15) is 0 Å². The molecule has 2 atom stereocenters. The first kappa shape index (κ1) is 18.9. The average molecular weight is 361 g/mol. The highest BCUT2D eigenvalue weighted by molar-refractivity contribution is 5.90. The van der Waals surface area contributed by atoms with Crippen LogP contribution in [0.3, 0.4) is 0 Å². The third-order valence-electron chi connectivity index (χ3n) is 5.72. The number of H-pyrrole nitrogens is 1. The number of nitrogens with zero attached hydrogens (tertiary/aromatic N) is 2. The molecule has 2 amide bonds. The van der Waals surface area contributed by atoms with E-state index in [1.807, 2.05) is 0 Å². The molecule has 4 N–H and O–H groups in total. The first-order chi connectivity index (χ1) is 12.6. The van der Waals surface area contributed by atoms with Gasteiger partial charge in [-0.05, 0) is 25.2 Å². The molecule has 26 heavy (non-hydrogen) atoms. The molecule has 1 aliphatic heterocycles. The third-order valence-corrected chi connectivity index (χ3v) is 5.72. The number of imidazole rings is 1. The highest BCUT2D eigenvalue weighted by atomic mass is 16.2. The Labute approximate surface area is 155 Å². The predicted molar refractivity (Wildman–Crippen MR) is 99.2 cm³/mol. The minimum Gasteiger partial charge on any atom is -0.354 e. The van der Waals surface area contributed by atoms with Crippen LogP contribution in [-0.2, 0) is 16.0 Å². The summed E-state index contributed by atoms with van der Waals surface area (Å²) in [5.74, 6) is 0.439. The maximum absolute atomic E-state index is 12.8. The van der Waals surface area contributed by atoms with E-state index in [1.165, 1.54) is 32.1 Å². The van der Waals surface area contributed by atoms with Crippen molar-refractivity contribution in [1.82, 2.24) is 20.2 Å². The van der Waals surface area contributed by atoms with E-state index in [4.69, 9.17) is 5.73 Å². The van der Waals surface area contributed by atoms with Crippen molar-refractivity contribution in [3.05, 3.63) is 18.2 Å². The molecule has 7 heteroatoms. The minimum absolute atomic E-state index is 0.0539. The predicted octanol–water partition coefficient (Wildman–Crippen LogP) is 1.36. The van der Waals surface area contributed by atoms with Crippen LogP contribution in [0.25, 0.3) is 0 Å². The molecule has 2 heterocycles. The first-order valence-electron chi connectivity index (χ1n) is 9.96. The van der Waals surface area contributed by atoms with E-state index in [2.05, 4.69) is 15.3 Å². The standard InChI is InChI=1S/C19H31N5O2/c20-16(11-14-5-2-1-3-6-14)19(26)24-10-4-7-17(24)18(25)22-9-8-15-12-21-13-23-15/h12-14,16-17H,1-11,20H2,(H,21,23)(H,22,25)/t16-,17+/m1/s1. The molecule has 3 rings (SSSR count). The molecule has 0 aromatic carbocycles. The van der Waals surface area contributed by atoms with E-state index in [0.29, 0.717) is 25.4 Å². The third kappa shape index (κ3) is 4.84. The van der Waals surface area contributed by atoms with E-state index >= 15 is 0 Å². The number of rotatable bonds is 7. The van der Waals surface area contributed by atoms with Crippen molar-refractivity contribution in [2.24, 2.45) is 11.7 Å². The fraction of sp³-hybridized carbons (Fsp3) is 0.737. The molecule has 0 spiro atoms. The fourth-order valence-corrected chi connectivity index (χ4v) is 4.26. The lowest BCUT2D eigenvalue weighted by Crippen LogP contribution is -2.51. The van der Waals surface area contributed by atoms with Crippen LogP contribution in [0, 0.1) is 5.92 Å². The van der Waals surface area contributed by atoms with E-state index < -0.39 is 6.04 Å². The Morgan fingerprint density at radius 2 is 2.08 bits per heavy atom. The zero-order valence-corrected chi connectivity index (χ0v) is 15.5. The summed E-state index contributed by atoms with van der Waals surface area (Å²) in [6, 6.07) is -0.849. The van der Waals surface area contributed by atoms with Crippen LogP contribution in [0.4, 0.5) is 0 Å². The molecule has 2 aliphatic rings. The van der Waals surface area contributed by atoms with Gasteiger partial charge in [0.1, 0.15) is 6.04 Å². The van der Waals surface area contributed by atoms with Crippen molar-refractivity contribution in [3.63, 3.8) is 0 Å². The molecular weight excluding hydrogens is 330 g/mol. The van der Waals surface area contributed by atoms with Crippen molar-refractivity contribution in [3.8, 4) is 0 Å². The van der Waals surface area contributed by atoms with Crippen LogP contribution in [-0.4, -0.2) is 51.9 Å². The summed E-state index contributed by atoms with van der Waals surface area (Å²) in [4.78, 5) is 34.0. The van der Waals surface area contributed by atoms with Gasteiger partial charge in [-0.3, -0.25) is 9.59 Å². The maximum atomic E-state index is 12.8. The summed E-state index contributed by atoms with van der Waals surface area (Å²) in [6.45, 7) is 1.17. The second-order valence-electron chi connectivity index (χ2n) is 7.65. The Balaban J connectivity index is 1.47. The molecule has 0 radical (unpaired) electrons. The van der Waals surface area contributed by atoms with Crippen molar-refractivity contribution in [2.75, 3.05) is 13.1 Å². The summed E-state index contributed by atoms with van der Waals surface area (Å²) >= 11 is 0. The molecule has 0 unspecified atom stereocenters. The van der Waals surface area contributed by atoms with Gasteiger partial charge >= 0.3 is 0 Å². The lowest BCUT2D eigenvalue weighted by Gasteiger charge is -2.29. The van der Waals surface area contributed by atoms with Gasteiger partial charge in [0.25, 0.3) is 0 Å². The van der Waals surface area contributed by atoms with Crippen LogP contribution in [0.2, 0.25) is 0 Å². The highest BCUT2D eigenvalue weighted by Gasteiger charge is 2.36. The van der Waals surface area contributed by atoms with Gasteiger partial charge in [0, 0.05) is 31.4 Å². The SMILES string of the molecule is N[C@H](CC1CCCCC1)C(=O)N1CCC[C@H]1C(=O)NCCc1cnc[nH]1. The summed E-state index contributed by atoms with van der Waals surface area (Å²) in [5, 5.41) is 2.95. The second-order valence-corrected chi connectivity index (χ2v) is 7.65. The number of aromatic amines is 1. The van der Waals surface area contributed by atoms with Crippen LogP contribution < -0.4 is 11.1 Å². The number of aromatic nitrogens is 2. The number of carbonyl (C=O) groups excluding carboxylic acids is 2. The second kappa shape index (κ2) is 9.16. The van der Waals surface area contributed by atoms with Crippen LogP contribution in [0.5, 0.6) is 0 Å². The van der Waals surface area contributed by atoms with Crippen molar-refractivity contribution >= 4 is 11.8 Å². The van der Waals surface area contributed by atoms with Gasteiger partial charge in [-0.25, -0.2) is 4.98 Å². The van der Waals surface area contributed by atoms with Crippen molar-refractivity contribution in [1.29, 1.82) is 0 Å². The van der Waals surface area contributed by atoms with E-state index in [-0.39, 0.29) is 17.9 Å². The molecular formula is C19H31N5O2. The van der Waals surface area contributed by atoms with E-state index in [9.17, 15) is 9.59 Å².